The number of aromatic hydroxyl groups is 1. The van der Waals surface area contributed by atoms with E-state index in [-0.39, 0.29) is 11.5 Å². The topological polar surface area (TPSA) is 75.2 Å². The second kappa shape index (κ2) is 7.86. The molecule has 0 atom stereocenters. The van der Waals surface area contributed by atoms with Gasteiger partial charge in [-0.15, -0.1) is 11.3 Å². The van der Waals surface area contributed by atoms with Crippen LogP contribution in [0.2, 0.25) is 0 Å². The lowest BCUT2D eigenvalue weighted by Gasteiger charge is -2.06. The van der Waals surface area contributed by atoms with Gasteiger partial charge in [-0.3, -0.25) is 4.79 Å². The Labute approximate surface area is 166 Å². The monoisotopic (exact) mass is 392 g/mol. The number of carbonyl (C=O) groups is 1. The largest absolute Gasteiger partial charge is 0.508 e. The van der Waals surface area contributed by atoms with E-state index < -0.39 is 0 Å². The number of hydrogen-bond acceptors (Lipinski definition) is 5. The molecule has 4 aromatic rings. The molecule has 0 unspecified atom stereocenters. The van der Waals surface area contributed by atoms with E-state index in [1.165, 1.54) is 0 Å². The normalized spacial score (nSPS) is 11.0. The maximum Gasteiger partial charge on any atom is 0.165 e. The van der Waals surface area contributed by atoms with Gasteiger partial charge in [-0.1, -0.05) is 18.2 Å². The van der Waals surface area contributed by atoms with E-state index >= 15 is 0 Å². The molecule has 0 radical (unpaired) electrons. The fourth-order valence-electron chi connectivity index (χ4n) is 3.24. The van der Waals surface area contributed by atoms with Gasteiger partial charge < -0.3 is 14.8 Å². The minimum Gasteiger partial charge on any atom is -0.508 e. The highest BCUT2D eigenvalue weighted by atomic mass is 32.1. The number of rotatable bonds is 7. The Morgan fingerprint density at radius 1 is 1.18 bits per heavy atom. The van der Waals surface area contributed by atoms with Crippen LogP contribution in [-0.4, -0.2) is 28.0 Å². The maximum atomic E-state index is 12.9. The molecule has 0 amide bonds. The number of phenols is 1. The van der Waals surface area contributed by atoms with Crippen LogP contribution in [0.15, 0.2) is 53.9 Å². The van der Waals surface area contributed by atoms with Crippen molar-refractivity contribution in [1.82, 2.24) is 9.97 Å². The number of fused-ring (bicyclic) bond motifs is 1. The lowest BCUT2D eigenvalue weighted by atomic mass is 10.0. The summed E-state index contributed by atoms with van der Waals surface area (Å²) in [5.74, 6) is 1.73. The van der Waals surface area contributed by atoms with E-state index in [0.29, 0.717) is 23.3 Å². The third-order valence-corrected chi connectivity index (χ3v) is 5.56. The standard InChI is InChI=1S/C22H20N2O3S/c1-27-18-12-11-16(17(26)5-2-4-14-7-9-15(25)10-8-14)20-21(18)24-22(23-20)19-6-3-13-28-19/h3,6-13,25H,2,4-5H2,1H3,(H,23,24). The summed E-state index contributed by atoms with van der Waals surface area (Å²) >= 11 is 1.59. The van der Waals surface area contributed by atoms with Crippen LogP contribution in [0.5, 0.6) is 11.5 Å². The van der Waals surface area contributed by atoms with Crippen molar-refractivity contribution in [2.24, 2.45) is 0 Å². The molecule has 0 aliphatic carbocycles. The number of ketones is 1. The number of H-pyrrole nitrogens is 1. The molecule has 4 rings (SSSR count). The molecule has 2 aromatic heterocycles. The molecule has 2 aromatic carbocycles. The molecule has 0 bridgehead atoms. The Hall–Kier alpha value is -3.12. The smallest absolute Gasteiger partial charge is 0.165 e. The molecule has 0 aliphatic heterocycles. The van der Waals surface area contributed by atoms with Gasteiger partial charge in [0, 0.05) is 12.0 Å². The van der Waals surface area contributed by atoms with Crippen LogP contribution >= 0.6 is 11.3 Å². The second-order valence-corrected chi connectivity index (χ2v) is 7.49. The first-order valence-corrected chi connectivity index (χ1v) is 9.95. The van der Waals surface area contributed by atoms with E-state index in [0.717, 1.165) is 34.6 Å². The average molecular weight is 392 g/mol. The fraction of sp³-hybridized carbons (Fsp3) is 0.182. The summed E-state index contributed by atoms with van der Waals surface area (Å²) in [5, 5.41) is 11.4. The first-order chi connectivity index (χ1) is 13.7. The van der Waals surface area contributed by atoms with E-state index in [4.69, 9.17) is 4.74 Å². The minimum atomic E-state index is 0.0654. The highest BCUT2D eigenvalue weighted by Gasteiger charge is 2.18. The number of hydrogen-bond donors (Lipinski definition) is 2. The number of imidazole rings is 1. The Morgan fingerprint density at radius 2 is 2.00 bits per heavy atom. The van der Waals surface area contributed by atoms with Crippen molar-refractivity contribution >= 4 is 28.2 Å². The van der Waals surface area contributed by atoms with Crippen molar-refractivity contribution in [2.75, 3.05) is 7.11 Å². The number of Topliss-reactive ketones (excluding diaryl/α,β-unsaturated/α-hetero) is 1. The molecule has 0 saturated heterocycles. The lowest BCUT2D eigenvalue weighted by Crippen LogP contribution is -2.02. The van der Waals surface area contributed by atoms with Gasteiger partial charge in [0.25, 0.3) is 0 Å². The van der Waals surface area contributed by atoms with Crippen LogP contribution in [0.3, 0.4) is 0 Å². The van der Waals surface area contributed by atoms with Crippen LogP contribution in [0.1, 0.15) is 28.8 Å². The highest BCUT2D eigenvalue weighted by Crippen LogP contribution is 2.32. The van der Waals surface area contributed by atoms with Crippen LogP contribution in [0.4, 0.5) is 0 Å². The average Bonchev–Trinajstić information content (AvgIpc) is 3.38. The first-order valence-electron chi connectivity index (χ1n) is 9.07. The van der Waals surface area contributed by atoms with Gasteiger partial charge in [0.15, 0.2) is 5.78 Å². The van der Waals surface area contributed by atoms with E-state index in [9.17, 15) is 9.90 Å². The molecule has 0 fully saturated rings. The van der Waals surface area contributed by atoms with E-state index in [2.05, 4.69) is 9.97 Å². The third kappa shape index (κ3) is 3.64. The van der Waals surface area contributed by atoms with Crippen LogP contribution in [0.25, 0.3) is 21.7 Å². The van der Waals surface area contributed by atoms with Gasteiger partial charge in [-0.05, 0) is 54.1 Å². The van der Waals surface area contributed by atoms with Crippen molar-refractivity contribution in [3.63, 3.8) is 0 Å². The minimum absolute atomic E-state index is 0.0654. The van der Waals surface area contributed by atoms with Crippen molar-refractivity contribution in [1.29, 1.82) is 0 Å². The van der Waals surface area contributed by atoms with Gasteiger partial charge in [-0.2, -0.15) is 0 Å². The third-order valence-electron chi connectivity index (χ3n) is 4.69. The summed E-state index contributed by atoms with van der Waals surface area (Å²) in [6.07, 6.45) is 1.95. The Kier molecular flexibility index (Phi) is 5.12. The lowest BCUT2D eigenvalue weighted by molar-refractivity contribution is 0.0981. The highest BCUT2D eigenvalue weighted by molar-refractivity contribution is 7.13. The van der Waals surface area contributed by atoms with Crippen molar-refractivity contribution in [2.45, 2.75) is 19.3 Å². The SMILES string of the molecule is COc1ccc(C(=O)CCCc2ccc(O)cc2)c2nc(-c3cccs3)[nH]c12. The summed E-state index contributed by atoms with van der Waals surface area (Å²) < 4.78 is 5.44. The van der Waals surface area contributed by atoms with Gasteiger partial charge >= 0.3 is 0 Å². The number of methoxy groups -OCH3 is 1. The summed E-state index contributed by atoms with van der Waals surface area (Å²) in [6.45, 7) is 0. The van der Waals surface area contributed by atoms with Gasteiger partial charge in [-0.25, -0.2) is 4.98 Å². The number of carbonyl (C=O) groups excluding carboxylic acids is 1. The maximum absolute atomic E-state index is 12.9. The summed E-state index contributed by atoms with van der Waals surface area (Å²) in [7, 11) is 1.61. The van der Waals surface area contributed by atoms with Gasteiger partial charge in [0.1, 0.15) is 28.4 Å². The van der Waals surface area contributed by atoms with E-state index in [1.807, 2.05) is 35.7 Å². The molecule has 142 valence electrons. The zero-order chi connectivity index (χ0) is 19.5. The predicted octanol–water partition coefficient (Wildman–Crippen LogP) is 5.21. The van der Waals surface area contributed by atoms with Crippen molar-refractivity contribution in [3.8, 4) is 22.2 Å². The molecule has 2 N–H and O–H groups in total. The number of aromatic amines is 1. The first kappa shape index (κ1) is 18.3. The number of nitrogens with one attached hydrogen (secondary N) is 1. The Balaban J connectivity index is 1.57. The van der Waals surface area contributed by atoms with Crippen molar-refractivity contribution < 1.29 is 14.6 Å². The summed E-state index contributed by atoms with van der Waals surface area (Å²) in [5.41, 5.74) is 3.11. The molecular formula is C22H20N2O3S. The second-order valence-electron chi connectivity index (χ2n) is 6.54. The van der Waals surface area contributed by atoms with Gasteiger partial charge in [0.2, 0.25) is 0 Å². The number of thiophene rings is 1. The zero-order valence-corrected chi connectivity index (χ0v) is 16.3. The molecular weight excluding hydrogens is 372 g/mol. The van der Waals surface area contributed by atoms with Crippen LogP contribution in [-0.2, 0) is 6.42 Å². The predicted molar refractivity (Wildman–Crippen MR) is 111 cm³/mol. The number of aromatic nitrogens is 2. The molecule has 6 heteroatoms. The Morgan fingerprint density at radius 3 is 2.71 bits per heavy atom. The fourth-order valence-corrected chi connectivity index (χ4v) is 3.91. The van der Waals surface area contributed by atoms with Crippen molar-refractivity contribution in [3.05, 3.63) is 65.0 Å². The molecule has 0 aliphatic rings. The number of nitrogens with zero attached hydrogens (tertiary/aromatic N) is 1. The van der Waals surface area contributed by atoms with E-state index in [1.54, 1.807) is 36.6 Å². The Bertz CT molecular complexity index is 1100. The molecule has 0 spiro atoms. The zero-order valence-electron chi connectivity index (χ0n) is 15.4. The molecule has 28 heavy (non-hydrogen) atoms. The number of phenolic OH excluding ortho intramolecular Hbond substituents is 1. The quantitative estimate of drug-likeness (QED) is 0.423. The number of ether oxygens (including phenoxy) is 1. The van der Waals surface area contributed by atoms with Gasteiger partial charge in [0.05, 0.1) is 12.0 Å². The van der Waals surface area contributed by atoms with Crippen LogP contribution in [0, 0.1) is 0 Å². The number of benzene rings is 2. The van der Waals surface area contributed by atoms with Crippen LogP contribution < -0.4 is 4.74 Å². The molecule has 5 nitrogen and oxygen atoms in total. The number of aryl methyl sites for hydroxylation is 1. The molecule has 0 saturated carbocycles. The molecule has 2 heterocycles. The summed E-state index contributed by atoms with van der Waals surface area (Å²) in [4.78, 5) is 21.9. The summed E-state index contributed by atoms with van der Waals surface area (Å²) in [6, 6.07) is 14.7.